The van der Waals surface area contributed by atoms with Gasteiger partial charge in [0.05, 0.1) is 11.0 Å². The van der Waals surface area contributed by atoms with Gasteiger partial charge in [-0.15, -0.1) is 0 Å². The Balaban J connectivity index is 1.64. The lowest BCUT2D eigenvalue weighted by atomic mass is 10.1. The number of aryl methyl sites for hydroxylation is 2. The number of fused-ring (bicyclic) bond motifs is 1. The molecule has 4 nitrogen and oxygen atoms in total. The van der Waals surface area contributed by atoms with Crippen LogP contribution in [0.2, 0.25) is 0 Å². The molecule has 1 heterocycles. The number of benzene rings is 3. The molecule has 0 saturated heterocycles. The number of aromatic amines is 1. The molecule has 128 valence electrons. The summed E-state index contributed by atoms with van der Waals surface area (Å²) in [6, 6.07) is 21.4. The zero-order valence-corrected chi connectivity index (χ0v) is 14.7. The van der Waals surface area contributed by atoms with Crippen molar-refractivity contribution in [2.75, 3.05) is 5.32 Å². The number of anilines is 1. The van der Waals surface area contributed by atoms with Gasteiger partial charge in [0.15, 0.2) is 0 Å². The maximum absolute atomic E-state index is 12.5. The monoisotopic (exact) mass is 341 g/mol. The third-order valence-corrected chi connectivity index (χ3v) is 4.42. The summed E-state index contributed by atoms with van der Waals surface area (Å²) in [6.45, 7) is 3.99. The van der Waals surface area contributed by atoms with Crippen molar-refractivity contribution in [3.05, 3.63) is 83.4 Å². The molecule has 0 unspecified atom stereocenters. The number of nitrogens with one attached hydrogen (secondary N) is 2. The number of rotatable bonds is 3. The van der Waals surface area contributed by atoms with E-state index in [-0.39, 0.29) is 5.91 Å². The van der Waals surface area contributed by atoms with Crippen LogP contribution < -0.4 is 5.32 Å². The van der Waals surface area contributed by atoms with E-state index < -0.39 is 0 Å². The SMILES string of the molecule is Cc1ccc2nc(-c3cccc(NC(=O)c4ccccc4C)c3)[nH]c2c1. The van der Waals surface area contributed by atoms with Gasteiger partial charge < -0.3 is 10.3 Å². The van der Waals surface area contributed by atoms with Crippen LogP contribution >= 0.6 is 0 Å². The second-order valence-corrected chi connectivity index (χ2v) is 6.46. The van der Waals surface area contributed by atoms with Crippen molar-refractivity contribution in [2.45, 2.75) is 13.8 Å². The smallest absolute Gasteiger partial charge is 0.255 e. The van der Waals surface area contributed by atoms with Crippen molar-refractivity contribution in [1.29, 1.82) is 0 Å². The lowest BCUT2D eigenvalue weighted by Gasteiger charge is -2.08. The second kappa shape index (κ2) is 6.48. The summed E-state index contributed by atoms with van der Waals surface area (Å²) in [5.74, 6) is 0.679. The fourth-order valence-electron chi connectivity index (χ4n) is 3.03. The molecule has 0 aliphatic rings. The standard InChI is InChI=1S/C22H19N3O/c1-14-10-11-19-20(12-14)25-21(24-19)16-7-5-8-17(13-16)23-22(26)18-9-4-3-6-15(18)2/h3-13H,1-2H3,(H,23,26)(H,24,25). The lowest BCUT2D eigenvalue weighted by Crippen LogP contribution is -2.13. The Morgan fingerprint density at radius 1 is 0.962 bits per heavy atom. The highest BCUT2D eigenvalue weighted by Gasteiger charge is 2.10. The zero-order valence-electron chi connectivity index (χ0n) is 14.7. The van der Waals surface area contributed by atoms with Gasteiger partial charge in [0, 0.05) is 16.8 Å². The highest BCUT2D eigenvalue weighted by molar-refractivity contribution is 6.05. The van der Waals surface area contributed by atoms with Crippen molar-refractivity contribution in [3.63, 3.8) is 0 Å². The van der Waals surface area contributed by atoms with Gasteiger partial charge in [-0.05, 0) is 55.3 Å². The largest absolute Gasteiger partial charge is 0.338 e. The number of amides is 1. The van der Waals surface area contributed by atoms with E-state index in [1.165, 1.54) is 5.56 Å². The summed E-state index contributed by atoms with van der Waals surface area (Å²) in [5, 5.41) is 2.97. The molecule has 1 amide bonds. The molecule has 2 N–H and O–H groups in total. The molecule has 0 radical (unpaired) electrons. The molecule has 0 spiro atoms. The van der Waals surface area contributed by atoms with Crippen LogP contribution in [0.3, 0.4) is 0 Å². The Bertz CT molecular complexity index is 1110. The number of hydrogen-bond acceptors (Lipinski definition) is 2. The number of aromatic nitrogens is 2. The van der Waals surface area contributed by atoms with Gasteiger partial charge in [-0.25, -0.2) is 4.98 Å². The second-order valence-electron chi connectivity index (χ2n) is 6.46. The summed E-state index contributed by atoms with van der Waals surface area (Å²) in [7, 11) is 0. The number of H-pyrrole nitrogens is 1. The first kappa shape index (κ1) is 16.1. The molecule has 0 aliphatic carbocycles. The molecule has 0 aliphatic heterocycles. The number of imidazole rings is 1. The van der Waals surface area contributed by atoms with Gasteiger partial charge in [0.25, 0.3) is 5.91 Å². The molecule has 4 aromatic rings. The van der Waals surface area contributed by atoms with Crippen molar-refractivity contribution in [3.8, 4) is 11.4 Å². The summed E-state index contributed by atoms with van der Waals surface area (Å²) < 4.78 is 0. The zero-order chi connectivity index (χ0) is 18.1. The van der Waals surface area contributed by atoms with Crippen molar-refractivity contribution >= 4 is 22.6 Å². The predicted molar refractivity (Wildman–Crippen MR) is 105 cm³/mol. The van der Waals surface area contributed by atoms with E-state index in [2.05, 4.69) is 28.3 Å². The Morgan fingerprint density at radius 2 is 1.81 bits per heavy atom. The third-order valence-electron chi connectivity index (χ3n) is 4.42. The average molecular weight is 341 g/mol. The van der Waals surface area contributed by atoms with Crippen LogP contribution in [0.15, 0.2) is 66.7 Å². The molecule has 0 atom stereocenters. The fourth-order valence-corrected chi connectivity index (χ4v) is 3.03. The van der Waals surface area contributed by atoms with Crippen LogP contribution in [0.1, 0.15) is 21.5 Å². The van der Waals surface area contributed by atoms with Gasteiger partial charge in [0.1, 0.15) is 5.82 Å². The van der Waals surface area contributed by atoms with Gasteiger partial charge in [0.2, 0.25) is 0 Å². The Morgan fingerprint density at radius 3 is 2.65 bits per heavy atom. The van der Waals surface area contributed by atoms with Gasteiger partial charge >= 0.3 is 0 Å². The number of nitrogens with zero attached hydrogens (tertiary/aromatic N) is 1. The summed E-state index contributed by atoms with van der Waals surface area (Å²) in [6.07, 6.45) is 0. The normalized spacial score (nSPS) is 10.8. The van der Waals surface area contributed by atoms with Crippen LogP contribution in [-0.4, -0.2) is 15.9 Å². The van der Waals surface area contributed by atoms with Gasteiger partial charge in [-0.1, -0.05) is 36.4 Å². The van der Waals surface area contributed by atoms with E-state index in [4.69, 9.17) is 0 Å². The highest BCUT2D eigenvalue weighted by atomic mass is 16.1. The number of hydrogen-bond donors (Lipinski definition) is 2. The number of carbonyl (C=O) groups is 1. The van der Waals surface area contributed by atoms with Crippen LogP contribution in [0.4, 0.5) is 5.69 Å². The number of carbonyl (C=O) groups excluding carboxylic acids is 1. The average Bonchev–Trinajstić information content (AvgIpc) is 3.05. The van der Waals surface area contributed by atoms with E-state index >= 15 is 0 Å². The minimum absolute atomic E-state index is 0.111. The minimum Gasteiger partial charge on any atom is -0.338 e. The van der Waals surface area contributed by atoms with Gasteiger partial charge in [-0.2, -0.15) is 0 Å². The summed E-state index contributed by atoms with van der Waals surface area (Å²) in [5.41, 5.74) is 6.43. The summed E-state index contributed by atoms with van der Waals surface area (Å²) in [4.78, 5) is 20.5. The quantitative estimate of drug-likeness (QED) is 0.545. The molecule has 26 heavy (non-hydrogen) atoms. The maximum atomic E-state index is 12.5. The molecule has 0 saturated carbocycles. The van der Waals surface area contributed by atoms with Gasteiger partial charge in [-0.3, -0.25) is 4.79 Å². The first-order valence-electron chi connectivity index (χ1n) is 8.54. The molecule has 0 bridgehead atoms. The minimum atomic E-state index is -0.111. The first-order chi connectivity index (χ1) is 12.6. The van der Waals surface area contributed by atoms with Crippen molar-refractivity contribution in [2.24, 2.45) is 0 Å². The van der Waals surface area contributed by atoms with Crippen LogP contribution in [0, 0.1) is 13.8 Å². The molecule has 1 aromatic heterocycles. The van der Waals surface area contributed by atoms with E-state index in [1.807, 2.05) is 67.6 Å². The van der Waals surface area contributed by atoms with Crippen molar-refractivity contribution < 1.29 is 4.79 Å². The Kier molecular flexibility index (Phi) is 4.01. The van der Waals surface area contributed by atoms with Crippen LogP contribution in [0.5, 0.6) is 0 Å². The molecule has 4 heteroatoms. The van der Waals surface area contributed by atoms with Crippen molar-refractivity contribution in [1.82, 2.24) is 9.97 Å². The highest BCUT2D eigenvalue weighted by Crippen LogP contribution is 2.24. The molecule has 3 aromatic carbocycles. The first-order valence-corrected chi connectivity index (χ1v) is 8.54. The summed E-state index contributed by atoms with van der Waals surface area (Å²) >= 11 is 0. The fraction of sp³-hybridized carbons (Fsp3) is 0.0909. The Hall–Kier alpha value is -3.40. The molecule has 4 rings (SSSR count). The van der Waals surface area contributed by atoms with Crippen LogP contribution in [0.25, 0.3) is 22.4 Å². The predicted octanol–water partition coefficient (Wildman–Crippen LogP) is 5.10. The molecular formula is C22H19N3O. The van der Waals surface area contributed by atoms with E-state index in [1.54, 1.807) is 0 Å². The maximum Gasteiger partial charge on any atom is 0.255 e. The van der Waals surface area contributed by atoms with E-state index in [0.717, 1.165) is 33.7 Å². The van der Waals surface area contributed by atoms with E-state index in [0.29, 0.717) is 5.56 Å². The molecular weight excluding hydrogens is 322 g/mol. The van der Waals surface area contributed by atoms with Crippen LogP contribution in [-0.2, 0) is 0 Å². The van der Waals surface area contributed by atoms with E-state index in [9.17, 15) is 4.79 Å². The molecule has 0 fully saturated rings. The lowest BCUT2D eigenvalue weighted by molar-refractivity contribution is 0.102. The third kappa shape index (κ3) is 3.09. The topological polar surface area (TPSA) is 57.8 Å². The Labute approximate surface area is 151 Å².